The van der Waals surface area contributed by atoms with Gasteiger partial charge >= 0.3 is 0 Å². The summed E-state index contributed by atoms with van der Waals surface area (Å²) in [4.78, 5) is 12.1. The third kappa shape index (κ3) is 3.36. The topological polar surface area (TPSA) is 54.9 Å². The maximum atomic E-state index is 12.1. The number of piperidine rings is 1. The molecule has 0 radical (unpaired) electrons. The van der Waals surface area contributed by atoms with Gasteiger partial charge in [-0.25, -0.2) is 0 Å². The van der Waals surface area contributed by atoms with E-state index < -0.39 is 0 Å². The Morgan fingerprint density at radius 2 is 2.33 bits per heavy atom. The first-order chi connectivity index (χ1) is 8.70. The number of rotatable bonds is 5. The van der Waals surface area contributed by atoms with E-state index in [0.717, 1.165) is 35.8 Å². The highest BCUT2D eigenvalue weighted by molar-refractivity contribution is 7.11. The van der Waals surface area contributed by atoms with Crippen LogP contribution in [0.1, 0.15) is 55.5 Å². The second kappa shape index (κ2) is 6.38. The van der Waals surface area contributed by atoms with Crippen molar-refractivity contribution in [3.63, 3.8) is 0 Å². The molecule has 0 amide bonds. The van der Waals surface area contributed by atoms with Crippen molar-refractivity contribution in [1.82, 2.24) is 15.5 Å². The van der Waals surface area contributed by atoms with Crippen LogP contribution in [0.3, 0.4) is 0 Å². The zero-order chi connectivity index (χ0) is 13.0. The zero-order valence-corrected chi connectivity index (χ0v) is 11.9. The molecule has 2 heterocycles. The summed E-state index contributed by atoms with van der Waals surface area (Å²) in [6.45, 7) is 5.25. The van der Waals surface area contributed by atoms with Crippen molar-refractivity contribution >= 4 is 17.1 Å². The Morgan fingerprint density at radius 3 is 3.00 bits per heavy atom. The summed E-state index contributed by atoms with van der Waals surface area (Å²) in [7, 11) is 0. The van der Waals surface area contributed by atoms with Crippen LogP contribution in [0.15, 0.2) is 0 Å². The molecule has 1 aromatic heterocycles. The highest BCUT2D eigenvalue weighted by Crippen LogP contribution is 2.23. The Kier molecular flexibility index (Phi) is 4.83. The van der Waals surface area contributed by atoms with Crippen LogP contribution in [0.5, 0.6) is 0 Å². The van der Waals surface area contributed by atoms with Crippen LogP contribution in [-0.4, -0.2) is 28.6 Å². The number of hydrogen-bond acceptors (Lipinski definition) is 5. The highest BCUT2D eigenvalue weighted by atomic mass is 32.1. The monoisotopic (exact) mass is 267 g/mol. The number of carbonyl (C=O) groups is 1. The Morgan fingerprint density at radius 1 is 1.50 bits per heavy atom. The average Bonchev–Trinajstić information content (AvgIpc) is 2.87. The summed E-state index contributed by atoms with van der Waals surface area (Å²) < 4.78 is 0. The standard InChI is InChI=1S/C13H21N3OS/c1-3-9(2)13-16-15-12(18-13)8-11(17)10-6-4-5-7-14-10/h9-10,14H,3-8H2,1-2H3/t9?,10-/m0/s1. The van der Waals surface area contributed by atoms with E-state index in [-0.39, 0.29) is 11.8 Å². The quantitative estimate of drug-likeness (QED) is 0.889. The van der Waals surface area contributed by atoms with Gasteiger partial charge in [-0.2, -0.15) is 0 Å². The number of Topliss-reactive ketones (excluding diaryl/α,β-unsaturated/α-hetero) is 1. The summed E-state index contributed by atoms with van der Waals surface area (Å²) in [6, 6.07) is 0.0368. The van der Waals surface area contributed by atoms with Gasteiger partial charge in [-0.3, -0.25) is 4.79 Å². The van der Waals surface area contributed by atoms with Gasteiger partial charge in [-0.15, -0.1) is 21.5 Å². The molecule has 100 valence electrons. The van der Waals surface area contributed by atoms with Crippen LogP contribution in [0, 0.1) is 0 Å². The lowest BCUT2D eigenvalue weighted by atomic mass is 10.00. The maximum absolute atomic E-state index is 12.1. The molecule has 1 aliphatic rings. The normalized spacial score (nSPS) is 21.8. The van der Waals surface area contributed by atoms with Crippen molar-refractivity contribution in [3.05, 3.63) is 10.0 Å². The zero-order valence-electron chi connectivity index (χ0n) is 11.1. The molecule has 1 N–H and O–H groups in total. The molecule has 0 saturated carbocycles. The van der Waals surface area contributed by atoms with Gasteiger partial charge in [0.15, 0.2) is 5.78 Å². The van der Waals surface area contributed by atoms with E-state index in [1.54, 1.807) is 11.3 Å². The Labute approximate surface area is 112 Å². The minimum absolute atomic E-state index is 0.0368. The SMILES string of the molecule is CCC(C)c1nnc(CC(=O)[C@@H]2CCCCN2)s1. The lowest BCUT2D eigenvalue weighted by Crippen LogP contribution is -2.41. The van der Waals surface area contributed by atoms with Gasteiger partial charge in [0.05, 0.1) is 12.5 Å². The number of aromatic nitrogens is 2. The van der Waals surface area contributed by atoms with Crippen LogP contribution in [0.2, 0.25) is 0 Å². The van der Waals surface area contributed by atoms with E-state index in [4.69, 9.17) is 0 Å². The second-order valence-electron chi connectivity index (χ2n) is 4.99. The predicted molar refractivity (Wildman–Crippen MR) is 73.0 cm³/mol. The van der Waals surface area contributed by atoms with Crippen molar-refractivity contribution in [2.45, 2.75) is 57.9 Å². The van der Waals surface area contributed by atoms with Crippen LogP contribution in [0.25, 0.3) is 0 Å². The molecule has 0 aliphatic carbocycles. The largest absolute Gasteiger partial charge is 0.307 e. The number of ketones is 1. The molecule has 2 rings (SSSR count). The van der Waals surface area contributed by atoms with E-state index in [1.807, 2.05) is 0 Å². The van der Waals surface area contributed by atoms with Crippen molar-refractivity contribution < 1.29 is 4.79 Å². The molecule has 0 bridgehead atoms. The highest BCUT2D eigenvalue weighted by Gasteiger charge is 2.22. The summed E-state index contributed by atoms with van der Waals surface area (Å²) in [5.74, 6) is 0.709. The van der Waals surface area contributed by atoms with Gasteiger partial charge in [-0.1, -0.05) is 20.3 Å². The molecule has 1 unspecified atom stereocenters. The Hall–Kier alpha value is -0.810. The first-order valence-electron chi connectivity index (χ1n) is 6.79. The smallest absolute Gasteiger partial charge is 0.156 e. The van der Waals surface area contributed by atoms with Crippen LogP contribution in [-0.2, 0) is 11.2 Å². The maximum Gasteiger partial charge on any atom is 0.156 e. The van der Waals surface area contributed by atoms with Crippen LogP contribution < -0.4 is 5.32 Å². The van der Waals surface area contributed by atoms with E-state index >= 15 is 0 Å². The lowest BCUT2D eigenvalue weighted by molar-refractivity contribution is -0.120. The van der Waals surface area contributed by atoms with E-state index in [1.165, 1.54) is 6.42 Å². The fourth-order valence-corrected chi connectivity index (χ4v) is 3.10. The van der Waals surface area contributed by atoms with E-state index in [0.29, 0.717) is 12.3 Å². The third-order valence-corrected chi connectivity index (χ3v) is 4.70. The molecule has 0 aromatic carbocycles. The molecular formula is C13H21N3OS. The molecular weight excluding hydrogens is 246 g/mol. The van der Waals surface area contributed by atoms with Gasteiger partial charge in [0.25, 0.3) is 0 Å². The van der Waals surface area contributed by atoms with E-state index in [2.05, 4.69) is 29.4 Å². The van der Waals surface area contributed by atoms with E-state index in [9.17, 15) is 4.79 Å². The fourth-order valence-electron chi connectivity index (χ4n) is 2.11. The number of carbonyl (C=O) groups excluding carboxylic acids is 1. The lowest BCUT2D eigenvalue weighted by Gasteiger charge is -2.21. The van der Waals surface area contributed by atoms with Gasteiger partial charge in [0.1, 0.15) is 10.0 Å². The van der Waals surface area contributed by atoms with Crippen molar-refractivity contribution in [3.8, 4) is 0 Å². The molecule has 0 spiro atoms. The van der Waals surface area contributed by atoms with Crippen molar-refractivity contribution in [2.75, 3.05) is 6.54 Å². The molecule has 1 fully saturated rings. The van der Waals surface area contributed by atoms with Gasteiger partial charge < -0.3 is 5.32 Å². The number of nitrogens with one attached hydrogen (secondary N) is 1. The number of nitrogens with zero attached hydrogens (tertiary/aromatic N) is 2. The first-order valence-corrected chi connectivity index (χ1v) is 7.60. The molecule has 1 aromatic rings. The summed E-state index contributed by atoms with van der Waals surface area (Å²) >= 11 is 1.59. The summed E-state index contributed by atoms with van der Waals surface area (Å²) in [5, 5.41) is 13.5. The Bertz CT molecular complexity index is 399. The number of hydrogen-bond donors (Lipinski definition) is 1. The second-order valence-corrected chi connectivity index (χ2v) is 6.08. The minimum Gasteiger partial charge on any atom is -0.307 e. The van der Waals surface area contributed by atoms with Crippen LogP contribution >= 0.6 is 11.3 Å². The molecule has 5 heteroatoms. The van der Waals surface area contributed by atoms with Crippen LogP contribution in [0.4, 0.5) is 0 Å². The molecule has 1 saturated heterocycles. The average molecular weight is 267 g/mol. The minimum atomic E-state index is 0.0368. The molecule has 2 atom stereocenters. The van der Waals surface area contributed by atoms with Gasteiger partial charge in [-0.05, 0) is 25.8 Å². The van der Waals surface area contributed by atoms with Crippen molar-refractivity contribution in [1.29, 1.82) is 0 Å². The van der Waals surface area contributed by atoms with Gasteiger partial charge in [0, 0.05) is 5.92 Å². The Balaban J connectivity index is 1.92. The van der Waals surface area contributed by atoms with Crippen molar-refractivity contribution in [2.24, 2.45) is 0 Å². The summed E-state index contributed by atoms with van der Waals surface area (Å²) in [5.41, 5.74) is 0. The van der Waals surface area contributed by atoms with Gasteiger partial charge in [0.2, 0.25) is 0 Å². The fraction of sp³-hybridized carbons (Fsp3) is 0.769. The molecule has 4 nitrogen and oxygen atoms in total. The first kappa shape index (κ1) is 13.6. The molecule has 18 heavy (non-hydrogen) atoms. The molecule has 1 aliphatic heterocycles. The predicted octanol–water partition coefficient (Wildman–Crippen LogP) is 2.31. The summed E-state index contributed by atoms with van der Waals surface area (Å²) in [6.07, 6.45) is 4.80. The third-order valence-electron chi connectivity index (χ3n) is 3.54.